The van der Waals surface area contributed by atoms with Crippen LogP contribution in [0.4, 0.5) is 0 Å². The van der Waals surface area contributed by atoms with Gasteiger partial charge in [-0.25, -0.2) is 4.98 Å². The van der Waals surface area contributed by atoms with Gasteiger partial charge in [-0.15, -0.1) is 0 Å². The molecule has 2 amide bonds. The summed E-state index contributed by atoms with van der Waals surface area (Å²) in [4.78, 5) is 30.4. The molecule has 0 spiro atoms. The van der Waals surface area contributed by atoms with E-state index in [2.05, 4.69) is 10.3 Å². The number of carbonyl (C=O) groups excluding carboxylic acids is 2. The van der Waals surface area contributed by atoms with Crippen LogP contribution in [0.2, 0.25) is 0 Å². The standard InChI is InChI=1S/C14H22N4O2/c1-4-17-10-16-8-11(17)12(19)18-7-5-6-14(2,9-18)13(20)15-3/h8,10H,4-7,9H2,1-3H3,(H,15,20)/t14-/m0/s1. The topological polar surface area (TPSA) is 67.2 Å². The van der Waals surface area contributed by atoms with Gasteiger partial charge in [-0.05, 0) is 26.7 Å². The smallest absolute Gasteiger partial charge is 0.272 e. The highest BCUT2D eigenvalue weighted by Crippen LogP contribution is 2.30. The predicted octanol–water partition coefficient (Wildman–Crippen LogP) is 0.891. The molecule has 6 nitrogen and oxygen atoms in total. The quantitative estimate of drug-likeness (QED) is 0.893. The summed E-state index contributed by atoms with van der Waals surface area (Å²) in [5.41, 5.74) is 0.0911. The molecular formula is C14H22N4O2. The first kappa shape index (κ1) is 14.6. The summed E-state index contributed by atoms with van der Waals surface area (Å²) in [5.74, 6) is -0.0434. The van der Waals surface area contributed by atoms with E-state index in [9.17, 15) is 9.59 Å². The fourth-order valence-electron chi connectivity index (χ4n) is 2.81. The molecule has 1 N–H and O–H groups in total. The molecule has 1 aromatic heterocycles. The van der Waals surface area contributed by atoms with E-state index in [1.165, 1.54) is 0 Å². The lowest BCUT2D eigenvalue weighted by Gasteiger charge is -2.39. The van der Waals surface area contributed by atoms with Crippen LogP contribution in [0.5, 0.6) is 0 Å². The highest BCUT2D eigenvalue weighted by atomic mass is 16.2. The molecule has 0 aliphatic carbocycles. The van der Waals surface area contributed by atoms with Crippen LogP contribution in [-0.2, 0) is 11.3 Å². The Morgan fingerprint density at radius 1 is 1.50 bits per heavy atom. The van der Waals surface area contributed by atoms with Crippen molar-refractivity contribution in [1.29, 1.82) is 0 Å². The van der Waals surface area contributed by atoms with Crippen molar-refractivity contribution in [3.63, 3.8) is 0 Å². The number of nitrogens with zero attached hydrogens (tertiary/aromatic N) is 3. The molecule has 1 atom stereocenters. The summed E-state index contributed by atoms with van der Waals surface area (Å²) in [6, 6.07) is 0. The lowest BCUT2D eigenvalue weighted by atomic mass is 9.81. The zero-order valence-corrected chi connectivity index (χ0v) is 12.3. The van der Waals surface area contributed by atoms with Crippen LogP contribution in [0, 0.1) is 5.41 Å². The summed E-state index contributed by atoms with van der Waals surface area (Å²) in [6.45, 7) is 5.76. The highest BCUT2D eigenvalue weighted by Gasteiger charge is 2.39. The van der Waals surface area contributed by atoms with Gasteiger partial charge >= 0.3 is 0 Å². The zero-order chi connectivity index (χ0) is 14.8. The molecular weight excluding hydrogens is 256 g/mol. The maximum Gasteiger partial charge on any atom is 0.272 e. The fourth-order valence-corrected chi connectivity index (χ4v) is 2.81. The Morgan fingerprint density at radius 3 is 2.90 bits per heavy atom. The lowest BCUT2D eigenvalue weighted by Crippen LogP contribution is -2.51. The molecule has 6 heteroatoms. The SMILES string of the molecule is CCn1cncc1C(=O)N1CCC[C@](C)(C(=O)NC)C1. The minimum atomic E-state index is -0.500. The number of piperidine rings is 1. The normalized spacial score (nSPS) is 22.6. The third kappa shape index (κ3) is 2.55. The Morgan fingerprint density at radius 2 is 2.25 bits per heavy atom. The molecule has 2 rings (SSSR count). The van der Waals surface area contributed by atoms with Crippen LogP contribution in [0.25, 0.3) is 0 Å². The summed E-state index contributed by atoms with van der Waals surface area (Å²) < 4.78 is 1.83. The lowest BCUT2D eigenvalue weighted by molar-refractivity contribution is -0.132. The Bertz CT molecular complexity index is 511. The van der Waals surface area contributed by atoms with Gasteiger partial charge in [0.15, 0.2) is 0 Å². The van der Waals surface area contributed by atoms with Gasteiger partial charge in [0, 0.05) is 26.7 Å². The van der Waals surface area contributed by atoms with Crippen molar-refractivity contribution in [2.45, 2.75) is 33.2 Å². The molecule has 1 aliphatic heterocycles. The van der Waals surface area contributed by atoms with Gasteiger partial charge in [0.2, 0.25) is 5.91 Å². The molecule has 2 heterocycles. The van der Waals surface area contributed by atoms with E-state index in [0.717, 1.165) is 12.8 Å². The third-order valence-electron chi connectivity index (χ3n) is 4.03. The average Bonchev–Trinajstić information content (AvgIpc) is 2.94. The molecule has 1 aromatic rings. The number of aryl methyl sites for hydroxylation is 1. The summed E-state index contributed by atoms with van der Waals surface area (Å²) in [5, 5.41) is 2.70. The van der Waals surface area contributed by atoms with Crippen molar-refractivity contribution in [2.75, 3.05) is 20.1 Å². The Balaban J connectivity index is 2.17. The van der Waals surface area contributed by atoms with E-state index in [0.29, 0.717) is 25.3 Å². The molecule has 0 aromatic carbocycles. The third-order valence-corrected chi connectivity index (χ3v) is 4.03. The maximum absolute atomic E-state index is 12.6. The number of amides is 2. The number of rotatable bonds is 3. The molecule has 1 aliphatic rings. The van der Waals surface area contributed by atoms with Crippen LogP contribution in [0.1, 0.15) is 37.2 Å². The van der Waals surface area contributed by atoms with Crippen molar-refractivity contribution in [1.82, 2.24) is 19.8 Å². The number of imidazole rings is 1. The fraction of sp³-hybridized carbons (Fsp3) is 0.643. The number of aromatic nitrogens is 2. The molecule has 1 saturated heterocycles. The number of carbonyl (C=O) groups is 2. The van der Waals surface area contributed by atoms with E-state index in [1.54, 1.807) is 24.5 Å². The van der Waals surface area contributed by atoms with Crippen LogP contribution in [0.3, 0.4) is 0 Å². The number of likely N-dealkylation sites (tertiary alicyclic amines) is 1. The van der Waals surface area contributed by atoms with Gasteiger partial charge < -0.3 is 14.8 Å². The first-order valence-corrected chi connectivity index (χ1v) is 7.03. The van der Waals surface area contributed by atoms with Crippen LogP contribution in [0.15, 0.2) is 12.5 Å². The van der Waals surface area contributed by atoms with E-state index >= 15 is 0 Å². The predicted molar refractivity (Wildman–Crippen MR) is 75.2 cm³/mol. The Hall–Kier alpha value is -1.85. The van der Waals surface area contributed by atoms with E-state index < -0.39 is 5.41 Å². The molecule has 0 unspecified atom stereocenters. The van der Waals surface area contributed by atoms with Gasteiger partial charge in [0.1, 0.15) is 5.69 Å². The second-order valence-electron chi connectivity index (χ2n) is 5.53. The molecule has 0 bridgehead atoms. The summed E-state index contributed by atoms with van der Waals surface area (Å²) >= 11 is 0. The van der Waals surface area contributed by atoms with E-state index in [-0.39, 0.29) is 11.8 Å². The van der Waals surface area contributed by atoms with E-state index in [4.69, 9.17) is 0 Å². The Kier molecular flexibility index (Phi) is 4.11. The molecule has 0 radical (unpaired) electrons. The maximum atomic E-state index is 12.6. The van der Waals surface area contributed by atoms with Crippen molar-refractivity contribution >= 4 is 11.8 Å². The van der Waals surface area contributed by atoms with E-state index in [1.807, 2.05) is 18.4 Å². The summed E-state index contributed by atoms with van der Waals surface area (Å²) in [7, 11) is 1.64. The van der Waals surface area contributed by atoms with Crippen LogP contribution in [-0.4, -0.2) is 46.4 Å². The number of nitrogens with one attached hydrogen (secondary N) is 1. The van der Waals surface area contributed by atoms with Gasteiger partial charge in [-0.1, -0.05) is 0 Å². The first-order valence-electron chi connectivity index (χ1n) is 7.03. The average molecular weight is 278 g/mol. The van der Waals surface area contributed by atoms with Crippen molar-refractivity contribution < 1.29 is 9.59 Å². The summed E-state index contributed by atoms with van der Waals surface area (Å²) in [6.07, 6.45) is 4.91. The first-order chi connectivity index (χ1) is 9.51. The van der Waals surface area contributed by atoms with Crippen molar-refractivity contribution in [3.05, 3.63) is 18.2 Å². The van der Waals surface area contributed by atoms with Crippen LogP contribution >= 0.6 is 0 Å². The molecule has 20 heavy (non-hydrogen) atoms. The Labute approximate surface area is 119 Å². The van der Waals surface area contributed by atoms with Crippen molar-refractivity contribution in [3.8, 4) is 0 Å². The monoisotopic (exact) mass is 278 g/mol. The van der Waals surface area contributed by atoms with Gasteiger partial charge in [0.05, 0.1) is 17.9 Å². The van der Waals surface area contributed by atoms with Gasteiger partial charge in [-0.2, -0.15) is 0 Å². The number of hydrogen-bond donors (Lipinski definition) is 1. The molecule has 0 saturated carbocycles. The molecule has 1 fully saturated rings. The minimum Gasteiger partial charge on any atom is -0.359 e. The van der Waals surface area contributed by atoms with Crippen LogP contribution < -0.4 is 5.32 Å². The second-order valence-corrected chi connectivity index (χ2v) is 5.53. The molecule has 110 valence electrons. The second kappa shape index (κ2) is 5.64. The zero-order valence-electron chi connectivity index (χ0n) is 12.3. The largest absolute Gasteiger partial charge is 0.359 e. The van der Waals surface area contributed by atoms with Gasteiger partial charge in [0.25, 0.3) is 5.91 Å². The minimum absolute atomic E-state index is 0.000927. The highest BCUT2D eigenvalue weighted by molar-refractivity contribution is 5.93. The number of hydrogen-bond acceptors (Lipinski definition) is 3. The van der Waals surface area contributed by atoms with Crippen molar-refractivity contribution in [2.24, 2.45) is 5.41 Å². The van der Waals surface area contributed by atoms with Gasteiger partial charge in [-0.3, -0.25) is 9.59 Å².